The molecule has 0 saturated carbocycles. The van der Waals surface area contributed by atoms with Gasteiger partial charge in [0, 0.05) is 28.5 Å². The van der Waals surface area contributed by atoms with Gasteiger partial charge >= 0.3 is 5.97 Å². The van der Waals surface area contributed by atoms with Gasteiger partial charge in [-0.1, -0.05) is 6.07 Å². The van der Waals surface area contributed by atoms with Crippen LogP contribution in [0.5, 0.6) is 0 Å². The van der Waals surface area contributed by atoms with Crippen LogP contribution in [-0.2, 0) is 19.6 Å². The van der Waals surface area contributed by atoms with Crippen LogP contribution in [0.25, 0.3) is 5.13 Å². The molecule has 0 saturated heterocycles. The quantitative estimate of drug-likeness (QED) is 0.408. The summed E-state index contributed by atoms with van der Waals surface area (Å²) in [5, 5.41) is 2.59. The number of hydrogen-bond acceptors (Lipinski definition) is 7. The number of aryl methyl sites for hydroxylation is 3. The standard InChI is InChI=1S/C21H23N3O5S2/c1-13-5-6-17(9-14(13)2)31(27,28)23-11-20(26)29-12-19(25)18-10-15(3)24(16(18)4)21-22-7-8-30-21/h5-10,23H,11-12H2,1-4H3. The van der Waals surface area contributed by atoms with E-state index >= 15 is 0 Å². The zero-order chi connectivity index (χ0) is 22.8. The van der Waals surface area contributed by atoms with Gasteiger partial charge in [0.05, 0.1) is 4.90 Å². The lowest BCUT2D eigenvalue weighted by Crippen LogP contribution is -2.31. The number of rotatable bonds is 8. The molecule has 0 aliphatic rings. The summed E-state index contributed by atoms with van der Waals surface area (Å²) in [6, 6.07) is 6.42. The number of benzene rings is 1. The molecule has 10 heteroatoms. The van der Waals surface area contributed by atoms with E-state index in [1.807, 2.05) is 23.8 Å². The second kappa shape index (κ2) is 9.13. The van der Waals surface area contributed by atoms with E-state index in [1.165, 1.54) is 23.5 Å². The molecule has 0 atom stereocenters. The number of hydrogen-bond donors (Lipinski definition) is 1. The van der Waals surface area contributed by atoms with Crippen LogP contribution in [0.2, 0.25) is 0 Å². The van der Waals surface area contributed by atoms with Gasteiger partial charge in [-0.15, -0.1) is 11.3 Å². The molecular weight excluding hydrogens is 438 g/mol. The Morgan fingerprint density at radius 3 is 2.52 bits per heavy atom. The van der Waals surface area contributed by atoms with Crippen molar-refractivity contribution >= 4 is 33.1 Å². The van der Waals surface area contributed by atoms with E-state index in [0.717, 1.165) is 22.0 Å². The molecule has 2 aromatic heterocycles. The third-order valence-electron chi connectivity index (χ3n) is 4.90. The summed E-state index contributed by atoms with van der Waals surface area (Å²) in [4.78, 5) is 28.9. The molecule has 1 N–H and O–H groups in total. The molecule has 0 amide bonds. The van der Waals surface area contributed by atoms with Crippen LogP contribution >= 0.6 is 11.3 Å². The third kappa shape index (κ3) is 5.09. The average Bonchev–Trinajstić information content (AvgIpc) is 3.34. The second-order valence-corrected chi connectivity index (χ2v) is 9.73. The number of ketones is 1. The van der Waals surface area contributed by atoms with Crippen molar-refractivity contribution in [2.75, 3.05) is 13.2 Å². The Morgan fingerprint density at radius 2 is 1.87 bits per heavy atom. The van der Waals surface area contributed by atoms with Crippen LogP contribution in [0.15, 0.2) is 40.7 Å². The Morgan fingerprint density at radius 1 is 1.13 bits per heavy atom. The maximum atomic E-state index is 12.6. The lowest BCUT2D eigenvalue weighted by atomic mass is 10.1. The number of ether oxygens (including phenoxy) is 1. The maximum Gasteiger partial charge on any atom is 0.321 e. The van der Waals surface area contributed by atoms with E-state index in [4.69, 9.17) is 4.74 Å². The minimum absolute atomic E-state index is 0.0640. The van der Waals surface area contributed by atoms with Crippen molar-refractivity contribution in [2.45, 2.75) is 32.6 Å². The fourth-order valence-electron chi connectivity index (χ4n) is 3.06. The van der Waals surface area contributed by atoms with Crippen molar-refractivity contribution in [3.8, 4) is 5.13 Å². The lowest BCUT2D eigenvalue weighted by Gasteiger charge is -2.09. The Balaban J connectivity index is 1.59. The van der Waals surface area contributed by atoms with Gasteiger partial charge in [0.25, 0.3) is 0 Å². The van der Waals surface area contributed by atoms with Gasteiger partial charge in [-0.3, -0.25) is 14.2 Å². The zero-order valence-corrected chi connectivity index (χ0v) is 19.3. The van der Waals surface area contributed by atoms with Crippen molar-refractivity contribution in [2.24, 2.45) is 0 Å². The predicted molar refractivity (Wildman–Crippen MR) is 117 cm³/mol. The molecule has 31 heavy (non-hydrogen) atoms. The summed E-state index contributed by atoms with van der Waals surface area (Å²) in [5.41, 5.74) is 3.75. The van der Waals surface area contributed by atoms with E-state index in [2.05, 4.69) is 9.71 Å². The van der Waals surface area contributed by atoms with E-state index in [1.54, 1.807) is 32.2 Å². The highest BCUT2D eigenvalue weighted by atomic mass is 32.2. The molecule has 0 unspecified atom stereocenters. The van der Waals surface area contributed by atoms with Crippen molar-refractivity contribution in [3.63, 3.8) is 0 Å². The molecule has 3 aromatic rings. The summed E-state index contributed by atoms with van der Waals surface area (Å²) in [5.74, 6) is -1.21. The first-order valence-electron chi connectivity index (χ1n) is 9.44. The van der Waals surface area contributed by atoms with E-state index in [9.17, 15) is 18.0 Å². The minimum Gasteiger partial charge on any atom is -0.456 e. The number of carbonyl (C=O) groups is 2. The largest absolute Gasteiger partial charge is 0.456 e. The average molecular weight is 462 g/mol. The van der Waals surface area contributed by atoms with Crippen molar-refractivity contribution in [1.82, 2.24) is 14.3 Å². The molecule has 0 bridgehead atoms. The number of aromatic nitrogens is 2. The van der Waals surface area contributed by atoms with Crippen LogP contribution < -0.4 is 4.72 Å². The molecule has 0 spiro atoms. The number of Topliss-reactive ketones (excluding diaryl/α,β-unsaturated/α-hetero) is 1. The van der Waals surface area contributed by atoms with Gasteiger partial charge in [0.15, 0.2) is 11.7 Å². The summed E-state index contributed by atoms with van der Waals surface area (Å²) in [6.07, 6.45) is 1.68. The third-order valence-corrected chi connectivity index (χ3v) is 7.06. The van der Waals surface area contributed by atoms with E-state index in [0.29, 0.717) is 11.3 Å². The van der Waals surface area contributed by atoms with Crippen LogP contribution in [0.4, 0.5) is 0 Å². The molecule has 1 aromatic carbocycles. The molecule has 0 radical (unpaired) electrons. The molecule has 2 heterocycles. The number of carbonyl (C=O) groups excluding carboxylic acids is 2. The summed E-state index contributed by atoms with van der Waals surface area (Å²) < 4.78 is 33.8. The van der Waals surface area contributed by atoms with Crippen LogP contribution in [-0.4, -0.2) is 42.9 Å². The SMILES string of the molecule is Cc1ccc(S(=O)(=O)NCC(=O)OCC(=O)c2cc(C)n(-c3nccs3)c2C)cc1C. The number of nitrogens with one attached hydrogen (secondary N) is 1. The highest BCUT2D eigenvalue weighted by Crippen LogP contribution is 2.22. The zero-order valence-electron chi connectivity index (χ0n) is 17.6. The molecule has 3 rings (SSSR count). The summed E-state index contributed by atoms with van der Waals surface area (Å²) in [6.45, 7) is 6.29. The molecule has 0 aliphatic carbocycles. The van der Waals surface area contributed by atoms with Gasteiger partial charge in [-0.2, -0.15) is 4.72 Å². The van der Waals surface area contributed by atoms with Crippen molar-refractivity contribution < 1.29 is 22.7 Å². The van der Waals surface area contributed by atoms with E-state index < -0.39 is 29.1 Å². The van der Waals surface area contributed by atoms with Gasteiger partial charge < -0.3 is 4.74 Å². The highest BCUT2D eigenvalue weighted by Gasteiger charge is 2.20. The number of thiazole rings is 1. The van der Waals surface area contributed by atoms with Gasteiger partial charge in [0.2, 0.25) is 15.8 Å². The van der Waals surface area contributed by atoms with Crippen molar-refractivity contribution in [3.05, 3.63) is 63.9 Å². The topological polar surface area (TPSA) is 107 Å². The van der Waals surface area contributed by atoms with Crippen LogP contribution in [0.1, 0.15) is 32.9 Å². The smallest absolute Gasteiger partial charge is 0.321 e. The molecule has 164 valence electrons. The number of esters is 1. The second-order valence-electron chi connectivity index (χ2n) is 7.09. The fourth-order valence-corrected chi connectivity index (χ4v) is 4.86. The Bertz CT molecular complexity index is 1230. The van der Waals surface area contributed by atoms with Crippen LogP contribution in [0, 0.1) is 27.7 Å². The summed E-state index contributed by atoms with van der Waals surface area (Å²) in [7, 11) is -3.86. The molecule has 8 nitrogen and oxygen atoms in total. The number of sulfonamides is 1. The maximum absolute atomic E-state index is 12.6. The fraction of sp³-hybridized carbons (Fsp3) is 0.286. The first-order chi connectivity index (χ1) is 14.6. The van der Waals surface area contributed by atoms with E-state index in [-0.39, 0.29) is 10.7 Å². The molecule has 0 aliphatic heterocycles. The molecular formula is C21H23N3O5S2. The monoisotopic (exact) mass is 461 g/mol. The predicted octanol–water partition coefficient (Wildman–Crippen LogP) is 2.87. The van der Waals surface area contributed by atoms with Crippen LogP contribution in [0.3, 0.4) is 0 Å². The minimum atomic E-state index is -3.86. The molecule has 0 fully saturated rings. The Kier molecular flexibility index (Phi) is 6.73. The van der Waals surface area contributed by atoms with Gasteiger partial charge in [0.1, 0.15) is 6.54 Å². The normalized spacial score (nSPS) is 11.5. The van der Waals surface area contributed by atoms with Crippen molar-refractivity contribution in [1.29, 1.82) is 0 Å². The van der Waals surface area contributed by atoms with Gasteiger partial charge in [-0.05, 0) is 57.0 Å². The number of nitrogens with zero attached hydrogens (tertiary/aromatic N) is 2. The summed E-state index contributed by atoms with van der Waals surface area (Å²) >= 11 is 1.45. The Labute approximate surface area is 184 Å². The lowest BCUT2D eigenvalue weighted by molar-refractivity contribution is -0.141. The first-order valence-corrected chi connectivity index (χ1v) is 11.8. The first kappa shape index (κ1) is 22.9. The highest BCUT2D eigenvalue weighted by molar-refractivity contribution is 7.89. The Hall–Kier alpha value is -2.82. The van der Waals surface area contributed by atoms with Gasteiger partial charge in [-0.25, -0.2) is 13.4 Å².